The van der Waals surface area contributed by atoms with Gasteiger partial charge in [-0.25, -0.2) is 0 Å². The van der Waals surface area contributed by atoms with E-state index < -0.39 is 12.0 Å². The Kier molecular flexibility index (Phi) is 8.38. The first-order valence-electron chi connectivity index (χ1n) is 8.73. The summed E-state index contributed by atoms with van der Waals surface area (Å²) >= 11 is 1.62. The van der Waals surface area contributed by atoms with Gasteiger partial charge in [0.25, 0.3) is 0 Å². The summed E-state index contributed by atoms with van der Waals surface area (Å²) < 4.78 is 5.14. The van der Waals surface area contributed by atoms with Gasteiger partial charge in [-0.1, -0.05) is 60.7 Å². The molecule has 0 unspecified atom stereocenters. The quantitative estimate of drug-likeness (QED) is 0.647. The summed E-state index contributed by atoms with van der Waals surface area (Å²) in [5.41, 5.74) is 8.04. The standard InChI is InChI=1S/C21H25NO3S/c1-2-25-21(24)18(17-11-7-4-8-12-17)13-20(23)19(22)15-26-14-16-9-5-3-6-10-16/h3-12,18-19H,2,13-15,22H2,1H3/t18-,19+/m1/s1. The summed E-state index contributed by atoms with van der Waals surface area (Å²) in [4.78, 5) is 24.8. The smallest absolute Gasteiger partial charge is 0.313 e. The molecule has 0 saturated carbocycles. The van der Waals surface area contributed by atoms with Crippen molar-refractivity contribution in [2.75, 3.05) is 12.4 Å². The largest absolute Gasteiger partial charge is 0.466 e. The van der Waals surface area contributed by atoms with Gasteiger partial charge in [-0.05, 0) is 18.1 Å². The fourth-order valence-electron chi connectivity index (χ4n) is 2.59. The molecule has 0 aliphatic heterocycles. The van der Waals surface area contributed by atoms with E-state index >= 15 is 0 Å². The van der Waals surface area contributed by atoms with Crippen LogP contribution >= 0.6 is 11.8 Å². The van der Waals surface area contributed by atoms with Crippen LogP contribution in [0.2, 0.25) is 0 Å². The summed E-state index contributed by atoms with van der Waals surface area (Å²) in [7, 11) is 0. The topological polar surface area (TPSA) is 69.4 Å². The van der Waals surface area contributed by atoms with Gasteiger partial charge in [0.2, 0.25) is 0 Å². The van der Waals surface area contributed by atoms with Crippen LogP contribution in [0.25, 0.3) is 0 Å². The lowest BCUT2D eigenvalue weighted by Crippen LogP contribution is -2.35. The van der Waals surface area contributed by atoms with Crippen LogP contribution in [0, 0.1) is 0 Å². The van der Waals surface area contributed by atoms with Crippen LogP contribution in [0.4, 0.5) is 0 Å². The molecule has 0 amide bonds. The predicted molar refractivity (Wildman–Crippen MR) is 106 cm³/mol. The van der Waals surface area contributed by atoms with Crippen molar-refractivity contribution in [3.8, 4) is 0 Å². The number of hydrogen-bond acceptors (Lipinski definition) is 5. The number of hydrogen-bond donors (Lipinski definition) is 1. The maximum Gasteiger partial charge on any atom is 0.313 e. The minimum Gasteiger partial charge on any atom is -0.466 e. The predicted octanol–water partition coefficient (Wildman–Crippen LogP) is 3.55. The summed E-state index contributed by atoms with van der Waals surface area (Å²) in [6, 6.07) is 18.7. The molecule has 2 rings (SSSR count). The van der Waals surface area contributed by atoms with Gasteiger partial charge in [-0.3, -0.25) is 9.59 Å². The Bertz CT molecular complexity index is 691. The van der Waals surface area contributed by atoms with Gasteiger partial charge < -0.3 is 10.5 Å². The molecule has 2 aromatic carbocycles. The van der Waals surface area contributed by atoms with E-state index in [4.69, 9.17) is 10.5 Å². The molecular weight excluding hydrogens is 346 g/mol. The molecule has 0 radical (unpaired) electrons. The van der Waals surface area contributed by atoms with Crippen LogP contribution in [-0.4, -0.2) is 30.2 Å². The van der Waals surface area contributed by atoms with E-state index in [2.05, 4.69) is 0 Å². The van der Waals surface area contributed by atoms with Gasteiger partial charge in [0, 0.05) is 17.9 Å². The monoisotopic (exact) mass is 371 g/mol. The van der Waals surface area contributed by atoms with Crippen molar-refractivity contribution in [1.82, 2.24) is 0 Å². The highest BCUT2D eigenvalue weighted by atomic mass is 32.2. The maximum absolute atomic E-state index is 12.5. The Labute approximate surface area is 159 Å². The molecule has 5 heteroatoms. The first-order valence-corrected chi connectivity index (χ1v) is 9.88. The number of Topliss-reactive ketones (excluding diaryl/α,β-unsaturated/α-hetero) is 1. The summed E-state index contributed by atoms with van der Waals surface area (Å²) in [6.07, 6.45) is 0.0654. The first kappa shape index (κ1) is 20.2. The lowest BCUT2D eigenvalue weighted by Gasteiger charge is -2.17. The Hall–Kier alpha value is -2.11. The maximum atomic E-state index is 12.5. The Morgan fingerprint density at radius 2 is 1.65 bits per heavy atom. The molecule has 0 heterocycles. The minimum atomic E-state index is -0.603. The molecule has 2 atom stereocenters. The fourth-order valence-corrected chi connectivity index (χ4v) is 3.57. The molecule has 0 saturated heterocycles. The number of benzene rings is 2. The average molecular weight is 372 g/mol. The van der Waals surface area contributed by atoms with Gasteiger partial charge in [-0.2, -0.15) is 11.8 Å². The normalized spacial score (nSPS) is 13.0. The number of ether oxygens (including phenoxy) is 1. The van der Waals surface area contributed by atoms with E-state index in [0.717, 1.165) is 11.3 Å². The summed E-state index contributed by atoms with van der Waals surface area (Å²) in [6.45, 7) is 2.04. The van der Waals surface area contributed by atoms with Crippen LogP contribution in [0.1, 0.15) is 30.4 Å². The summed E-state index contributed by atoms with van der Waals surface area (Å²) in [5, 5.41) is 0. The van der Waals surface area contributed by atoms with Gasteiger partial charge in [0.15, 0.2) is 5.78 Å². The second-order valence-electron chi connectivity index (χ2n) is 5.99. The molecule has 0 aliphatic carbocycles. The van der Waals surface area contributed by atoms with E-state index in [9.17, 15) is 9.59 Å². The number of nitrogens with two attached hydrogens (primary N) is 1. The van der Waals surface area contributed by atoms with Crippen LogP contribution < -0.4 is 5.73 Å². The molecule has 2 N–H and O–H groups in total. The SMILES string of the molecule is CCOC(=O)[C@H](CC(=O)[C@@H](N)CSCc1ccccc1)c1ccccc1. The third-order valence-electron chi connectivity index (χ3n) is 4.00. The zero-order chi connectivity index (χ0) is 18.8. The second-order valence-corrected chi connectivity index (χ2v) is 7.02. The van der Waals surface area contributed by atoms with Gasteiger partial charge in [0.05, 0.1) is 18.6 Å². The van der Waals surface area contributed by atoms with Crippen molar-refractivity contribution in [3.63, 3.8) is 0 Å². The number of thioether (sulfide) groups is 1. The molecule has 0 fully saturated rings. The van der Waals surface area contributed by atoms with E-state index in [1.54, 1.807) is 18.7 Å². The molecule has 0 spiro atoms. The van der Waals surface area contributed by atoms with E-state index in [-0.39, 0.29) is 24.8 Å². The number of rotatable bonds is 10. The Morgan fingerprint density at radius 1 is 1.04 bits per heavy atom. The molecule has 138 valence electrons. The van der Waals surface area contributed by atoms with Crippen LogP contribution in [-0.2, 0) is 20.1 Å². The Balaban J connectivity index is 1.91. The van der Waals surface area contributed by atoms with E-state index in [1.807, 2.05) is 60.7 Å². The highest BCUT2D eigenvalue weighted by Crippen LogP contribution is 2.23. The van der Waals surface area contributed by atoms with Crippen molar-refractivity contribution in [2.24, 2.45) is 5.73 Å². The molecular formula is C21H25NO3S. The molecule has 4 nitrogen and oxygen atoms in total. The molecule has 26 heavy (non-hydrogen) atoms. The highest BCUT2D eigenvalue weighted by Gasteiger charge is 2.27. The van der Waals surface area contributed by atoms with Crippen LogP contribution in [0.3, 0.4) is 0 Å². The van der Waals surface area contributed by atoms with Crippen molar-refractivity contribution in [1.29, 1.82) is 0 Å². The van der Waals surface area contributed by atoms with E-state index in [0.29, 0.717) is 5.75 Å². The number of esters is 1. The second kappa shape index (κ2) is 10.8. The van der Waals surface area contributed by atoms with Crippen molar-refractivity contribution >= 4 is 23.5 Å². The van der Waals surface area contributed by atoms with Crippen LogP contribution in [0.5, 0.6) is 0 Å². The molecule has 0 bridgehead atoms. The van der Waals surface area contributed by atoms with Gasteiger partial charge in [-0.15, -0.1) is 0 Å². The minimum absolute atomic E-state index is 0.0654. The zero-order valence-electron chi connectivity index (χ0n) is 15.0. The molecule has 0 aromatic heterocycles. The first-order chi connectivity index (χ1) is 12.6. The molecule has 0 aliphatic rings. The lowest BCUT2D eigenvalue weighted by atomic mass is 9.92. The van der Waals surface area contributed by atoms with Crippen molar-refractivity contribution in [2.45, 2.75) is 31.1 Å². The zero-order valence-corrected chi connectivity index (χ0v) is 15.8. The lowest BCUT2D eigenvalue weighted by molar-refractivity contribution is -0.146. The Morgan fingerprint density at radius 3 is 2.27 bits per heavy atom. The van der Waals surface area contributed by atoms with Gasteiger partial charge >= 0.3 is 5.97 Å². The van der Waals surface area contributed by atoms with Crippen LogP contribution in [0.15, 0.2) is 60.7 Å². The van der Waals surface area contributed by atoms with Crippen molar-refractivity contribution in [3.05, 3.63) is 71.8 Å². The third-order valence-corrected chi connectivity index (χ3v) is 5.13. The summed E-state index contributed by atoms with van der Waals surface area (Å²) in [5.74, 6) is 0.234. The number of ketones is 1. The third kappa shape index (κ3) is 6.32. The van der Waals surface area contributed by atoms with Gasteiger partial charge in [0.1, 0.15) is 0 Å². The fraction of sp³-hybridized carbons (Fsp3) is 0.333. The molecule has 2 aromatic rings. The van der Waals surface area contributed by atoms with E-state index in [1.165, 1.54) is 5.56 Å². The highest BCUT2D eigenvalue weighted by molar-refractivity contribution is 7.98. The average Bonchev–Trinajstić information content (AvgIpc) is 2.67. The number of carbonyl (C=O) groups is 2. The van der Waals surface area contributed by atoms with Crippen molar-refractivity contribution < 1.29 is 14.3 Å². The number of carbonyl (C=O) groups excluding carboxylic acids is 2.